The molecule has 5 rings (SSSR count). The molecule has 4 N–H and O–H groups in total. The summed E-state index contributed by atoms with van der Waals surface area (Å²) in [7, 11) is -4.30. The van der Waals surface area contributed by atoms with E-state index in [1.54, 1.807) is 43.3 Å². The van der Waals surface area contributed by atoms with Crippen molar-refractivity contribution >= 4 is 71.1 Å². The number of nitrogen functional groups attached to an aromatic ring is 1. The van der Waals surface area contributed by atoms with E-state index in [1.165, 1.54) is 28.2 Å². The van der Waals surface area contributed by atoms with Crippen LogP contribution in [-0.4, -0.2) is 33.0 Å². The maximum absolute atomic E-state index is 11.4. The molecule has 3 aromatic carbocycles. The summed E-state index contributed by atoms with van der Waals surface area (Å²) in [5.41, 5.74) is 8.60. The molecule has 0 radical (unpaired) electrons. The van der Waals surface area contributed by atoms with Crippen LogP contribution in [0, 0.1) is 6.92 Å². The summed E-state index contributed by atoms with van der Waals surface area (Å²) in [6.45, 7) is 1.76. The molecule has 12 nitrogen and oxygen atoms in total. The first kappa shape index (κ1) is 24.3. The Hall–Kier alpha value is -3.44. The van der Waals surface area contributed by atoms with E-state index in [1.807, 2.05) is 6.07 Å². The summed E-state index contributed by atoms with van der Waals surface area (Å²) in [6, 6.07) is 14.9. The van der Waals surface area contributed by atoms with E-state index in [2.05, 4.69) is 29.7 Å². The molecule has 36 heavy (non-hydrogen) atoms. The SMILES string of the molecule is Cc1nn(-c2ccc3cc(S(=O)(=O)O)ccc3c2)c(N)c1/N=N/c1nc2cc(SOOO)ccc2s1. The normalized spacial score (nSPS) is 12.3. The lowest BCUT2D eigenvalue weighted by Gasteiger charge is -2.07. The fraction of sp³-hybridized carbons (Fsp3) is 0.0476. The Morgan fingerprint density at radius 1 is 1.08 bits per heavy atom. The summed E-state index contributed by atoms with van der Waals surface area (Å²) in [5.74, 6) is 0.270. The number of anilines is 1. The van der Waals surface area contributed by atoms with Gasteiger partial charge in [-0.25, -0.2) is 14.9 Å². The van der Waals surface area contributed by atoms with Crippen LogP contribution in [0.5, 0.6) is 0 Å². The Balaban J connectivity index is 1.44. The van der Waals surface area contributed by atoms with Gasteiger partial charge < -0.3 is 5.73 Å². The van der Waals surface area contributed by atoms with Gasteiger partial charge in [0.2, 0.25) is 5.13 Å². The Kier molecular flexibility index (Phi) is 6.44. The summed E-state index contributed by atoms with van der Waals surface area (Å²) >= 11 is 2.17. The molecule has 0 bridgehead atoms. The van der Waals surface area contributed by atoms with Crippen LogP contribution in [0.25, 0.3) is 26.7 Å². The van der Waals surface area contributed by atoms with Gasteiger partial charge in [-0.15, -0.1) is 14.6 Å². The minimum absolute atomic E-state index is 0.183. The van der Waals surface area contributed by atoms with E-state index in [0.29, 0.717) is 38.0 Å². The molecule has 0 aliphatic carbocycles. The third kappa shape index (κ3) is 4.80. The average Bonchev–Trinajstić information content (AvgIpc) is 3.39. The summed E-state index contributed by atoms with van der Waals surface area (Å²) in [6.07, 6.45) is 0. The minimum Gasteiger partial charge on any atom is -0.382 e. The third-order valence-corrected chi connectivity index (χ3v) is 7.49. The van der Waals surface area contributed by atoms with Crippen molar-refractivity contribution in [1.29, 1.82) is 0 Å². The van der Waals surface area contributed by atoms with E-state index < -0.39 is 10.1 Å². The first-order chi connectivity index (χ1) is 17.2. The van der Waals surface area contributed by atoms with Crippen molar-refractivity contribution in [2.45, 2.75) is 16.7 Å². The zero-order chi connectivity index (χ0) is 25.4. The number of benzene rings is 3. The molecule has 0 fully saturated rings. The maximum Gasteiger partial charge on any atom is 0.294 e. The molecule has 0 aliphatic heterocycles. The number of hydrogen-bond acceptors (Lipinski definition) is 12. The fourth-order valence-electron chi connectivity index (χ4n) is 3.50. The van der Waals surface area contributed by atoms with Gasteiger partial charge in [0.15, 0.2) is 11.5 Å². The highest BCUT2D eigenvalue weighted by molar-refractivity contribution is 7.94. The predicted octanol–water partition coefficient (Wildman–Crippen LogP) is 5.62. The van der Waals surface area contributed by atoms with Crippen LogP contribution in [-0.2, 0) is 19.5 Å². The third-order valence-electron chi connectivity index (χ3n) is 5.15. The number of hydrogen-bond donors (Lipinski definition) is 3. The minimum atomic E-state index is -4.30. The zero-order valence-corrected chi connectivity index (χ0v) is 20.7. The van der Waals surface area contributed by atoms with E-state index >= 15 is 0 Å². The fourth-order valence-corrected chi connectivity index (χ4v) is 5.17. The topological polar surface area (TPSA) is 175 Å². The molecule has 0 atom stereocenters. The number of nitrogens with zero attached hydrogens (tertiary/aromatic N) is 5. The lowest BCUT2D eigenvalue weighted by atomic mass is 10.1. The van der Waals surface area contributed by atoms with Crippen molar-refractivity contribution in [3.8, 4) is 5.69 Å². The number of fused-ring (bicyclic) bond motifs is 2. The number of nitrogens with two attached hydrogens (primary N) is 1. The second-order valence-corrected chi connectivity index (χ2v) is 10.7. The van der Waals surface area contributed by atoms with Gasteiger partial charge in [-0.3, -0.25) is 4.55 Å². The van der Waals surface area contributed by atoms with Crippen LogP contribution in [0.2, 0.25) is 0 Å². The van der Waals surface area contributed by atoms with Crippen LogP contribution < -0.4 is 5.73 Å². The van der Waals surface area contributed by atoms with Crippen LogP contribution >= 0.6 is 23.4 Å². The summed E-state index contributed by atoms with van der Waals surface area (Å²) in [5, 5.41) is 26.7. The number of thiazole rings is 1. The molecule has 15 heteroatoms. The lowest BCUT2D eigenvalue weighted by molar-refractivity contribution is -0.432. The largest absolute Gasteiger partial charge is 0.382 e. The van der Waals surface area contributed by atoms with Crippen LogP contribution in [0.1, 0.15) is 5.69 Å². The Bertz CT molecular complexity index is 1750. The van der Waals surface area contributed by atoms with Crippen molar-refractivity contribution in [2.75, 3.05) is 5.73 Å². The van der Waals surface area contributed by atoms with Gasteiger partial charge in [0.05, 0.1) is 38.5 Å². The monoisotopic (exact) mass is 544 g/mol. The van der Waals surface area contributed by atoms with E-state index in [4.69, 9.17) is 11.0 Å². The molecule has 2 aromatic heterocycles. The Morgan fingerprint density at radius 2 is 1.86 bits per heavy atom. The predicted molar refractivity (Wildman–Crippen MR) is 134 cm³/mol. The molecular weight excluding hydrogens is 528 g/mol. The summed E-state index contributed by atoms with van der Waals surface area (Å²) < 4.78 is 38.9. The van der Waals surface area contributed by atoms with Crippen molar-refractivity contribution in [3.05, 3.63) is 60.3 Å². The van der Waals surface area contributed by atoms with Crippen molar-refractivity contribution < 1.29 is 27.6 Å². The standard InChI is InChI=1S/C21H16N6O6S3/c1-11-19(24-25-21-23-17-10-15(35-33-32-28)5-7-18(17)34-21)20(22)27(26-11)14-4-2-13-9-16(36(29,30)31)6-3-12(13)8-14/h2-10,28H,22H2,1H3,(H,29,30,31)/b25-24+. The second-order valence-electron chi connectivity index (χ2n) is 7.45. The Morgan fingerprint density at radius 3 is 2.64 bits per heavy atom. The van der Waals surface area contributed by atoms with Gasteiger partial charge in [0.25, 0.3) is 10.1 Å². The van der Waals surface area contributed by atoms with Crippen LogP contribution in [0.4, 0.5) is 16.6 Å². The molecule has 0 spiro atoms. The van der Waals surface area contributed by atoms with Crippen LogP contribution in [0.15, 0.2) is 74.6 Å². The van der Waals surface area contributed by atoms with Gasteiger partial charge in [-0.2, -0.15) is 13.5 Å². The molecule has 0 aliphatic rings. The summed E-state index contributed by atoms with van der Waals surface area (Å²) in [4.78, 5) is 4.93. The van der Waals surface area contributed by atoms with Gasteiger partial charge >= 0.3 is 0 Å². The van der Waals surface area contributed by atoms with Gasteiger partial charge in [-0.1, -0.05) is 28.5 Å². The average molecular weight is 545 g/mol. The first-order valence-electron chi connectivity index (χ1n) is 10.1. The molecule has 0 saturated carbocycles. The number of aryl methyl sites for hydroxylation is 1. The van der Waals surface area contributed by atoms with Crippen molar-refractivity contribution in [2.24, 2.45) is 10.2 Å². The highest BCUT2D eigenvalue weighted by Crippen LogP contribution is 2.35. The molecule has 0 unspecified atom stereocenters. The van der Waals surface area contributed by atoms with Crippen LogP contribution in [0.3, 0.4) is 0 Å². The van der Waals surface area contributed by atoms with Gasteiger partial charge in [0.1, 0.15) is 0 Å². The highest BCUT2D eigenvalue weighted by Gasteiger charge is 2.16. The molecule has 184 valence electrons. The lowest BCUT2D eigenvalue weighted by Crippen LogP contribution is -2.02. The quantitative estimate of drug-likeness (QED) is 0.0767. The molecule has 0 amide bonds. The van der Waals surface area contributed by atoms with Gasteiger partial charge in [-0.05, 0) is 60.2 Å². The number of aromatic nitrogens is 3. The maximum atomic E-state index is 11.4. The molecule has 0 saturated heterocycles. The molecule has 5 aromatic rings. The van der Waals surface area contributed by atoms with Gasteiger partial charge in [0, 0.05) is 4.90 Å². The number of azo groups is 1. The second kappa shape index (κ2) is 9.55. The smallest absolute Gasteiger partial charge is 0.294 e. The first-order valence-corrected chi connectivity index (χ1v) is 13.1. The Labute approximate surface area is 211 Å². The van der Waals surface area contributed by atoms with E-state index in [0.717, 1.165) is 22.1 Å². The zero-order valence-electron chi connectivity index (χ0n) is 18.3. The molecular formula is C21H16N6O6S3. The van der Waals surface area contributed by atoms with E-state index in [-0.39, 0.29) is 10.7 Å². The van der Waals surface area contributed by atoms with E-state index in [9.17, 15) is 13.0 Å². The van der Waals surface area contributed by atoms with Crippen molar-refractivity contribution in [1.82, 2.24) is 14.8 Å². The number of rotatable bonds is 7. The van der Waals surface area contributed by atoms with Crippen molar-refractivity contribution in [3.63, 3.8) is 0 Å². The highest BCUT2D eigenvalue weighted by atomic mass is 32.2. The molecule has 2 heterocycles.